The molecule has 0 atom stereocenters. The predicted molar refractivity (Wildman–Crippen MR) is 52.1 cm³/mol. The summed E-state index contributed by atoms with van der Waals surface area (Å²) in [7, 11) is 0. The SMILES string of the molecule is CCOC(=O)CCC(=O)CC(=O)OCC. The Bertz CT molecular complexity index is 234. The molecular formula is C10H16O5. The van der Waals surface area contributed by atoms with Crippen LogP contribution in [0.2, 0.25) is 0 Å². The first kappa shape index (κ1) is 13.6. The molecule has 0 heterocycles. The number of ether oxygens (including phenoxy) is 2. The molecule has 0 aromatic carbocycles. The Kier molecular flexibility index (Phi) is 7.23. The van der Waals surface area contributed by atoms with Crippen LogP contribution < -0.4 is 0 Å². The Balaban J connectivity index is 3.66. The van der Waals surface area contributed by atoms with Crippen LogP contribution in [0.25, 0.3) is 0 Å². The molecule has 0 aromatic rings. The zero-order valence-corrected chi connectivity index (χ0v) is 9.08. The van der Waals surface area contributed by atoms with E-state index in [0.717, 1.165) is 0 Å². The molecule has 0 aliphatic heterocycles. The normalized spacial score (nSPS) is 9.47. The first-order chi connectivity index (χ1) is 7.10. The number of carbonyl (C=O) groups is 3. The van der Waals surface area contributed by atoms with Crippen molar-refractivity contribution in [2.45, 2.75) is 33.1 Å². The number of Topliss-reactive ketones (excluding diaryl/α,β-unsaturated/α-hetero) is 1. The summed E-state index contributed by atoms with van der Waals surface area (Å²) in [4.78, 5) is 32.9. The Hall–Kier alpha value is -1.39. The van der Waals surface area contributed by atoms with Gasteiger partial charge in [-0.2, -0.15) is 0 Å². The molecule has 0 fully saturated rings. The first-order valence-corrected chi connectivity index (χ1v) is 4.93. The van der Waals surface area contributed by atoms with Crippen LogP contribution in [-0.2, 0) is 23.9 Å². The quantitative estimate of drug-likeness (QED) is 0.466. The van der Waals surface area contributed by atoms with Crippen LogP contribution in [0, 0.1) is 0 Å². The van der Waals surface area contributed by atoms with Crippen LogP contribution in [0.1, 0.15) is 33.1 Å². The number of carbonyl (C=O) groups excluding carboxylic acids is 3. The van der Waals surface area contributed by atoms with Gasteiger partial charge in [0, 0.05) is 6.42 Å². The Morgan fingerprint density at radius 1 is 0.867 bits per heavy atom. The maximum absolute atomic E-state index is 11.1. The highest BCUT2D eigenvalue weighted by Gasteiger charge is 2.12. The molecule has 5 heteroatoms. The topological polar surface area (TPSA) is 69.7 Å². The minimum Gasteiger partial charge on any atom is -0.466 e. The average Bonchev–Trinajstić information content (AvgIpc) is 2.15. The molecule has 0 radical (unpaired) electrons. The second-order valence-electron chi connectivity index (χ2n) is 2.83. The Morgan fingerprint density at radius 2 is 1.40 bits per heavy atom. The second-order valence-corrected chi connectivity index (χ2v) is 2.83. The van der Waals surface area contributed by atoms with Crippen molar-refractivity contribution in [1.29, 1.82) is 0 Å². The molecule has 0 spiro atoms. The standard InChI is InChI=1S/C10H16O5/c1-3-14-9(12)6-5-8(11)7-10(13)15-4-2/h3-7H2,1-2H3. The Morgan fingerprint density at radius 3 is 1.93 bits per heavy atom. The van der Waals surface area contributed by atoms with Gasteiger partial charge in [0.2, 0.25) is 0 Å². The van der Waals surface area contributed by atoms with Gasteiger partial charge in [0.1, 0.15) is 12.2 Å². The van der Waals surface area contributed by atoms with E-state index >= 15 is 0 Å². The Labute approximate surface area is 88.7 Å². The summed E-state index contributed by atoms with van der Waals surface area (Å²) in [6, 6.07) is 0. The van der Waals surface area contributed by atoms with Crippen molar-refractivity contribution in [3.05, 3.63) is 0 Å². The highest BCUT2D eigenvalue weighted by Crippen LogP contribution is 1.99. The number of hydrogen-bond acceptors (Lipinski definition) is 5. The third-order valence-electron chi connectivity index (χ3n) is 1.56. The lowest BCUT2D eigenvalue weighted by Gasteiger charge is -2.01. The van der Waals surface area contributed by atoms with Crippen molar-refractivity contribution in [2.24, 2.45) is 0 Å². The summed E-state index contributed by atoms with van der Waals surface area (Å²) in [5.41, 5.74) is 0. The van der Waals surface area contributed by atoms with Crippen LogP contribution in [0.5, 0.6) is 0 Å². The van der Waals surface area contributed by atoms with Gasteiger partial charge >= 0.3 is 11.9 Å². The molecule has 5 nitrogen and oxygen atoms in total. The summed E-state index contributed by atoms with van der Waals surface area (Å²) >= 11 is 0. The van der Waals surface area contributed by atoms with Gasteiger partial charge in [-0.05, 0) is 13.8 Å². The highest BCUT2D eigenvalue weighted by molar-refractivity contribution is 5.96. The fraction of sp³-hybridized carbons (Fsp3) is 0.700. The molecule has 0 aliphatic carbocycles. The molecule has 86 valence electrons. The van der Waals surface area contributed by atoms with Crippen molar-refractivity contribution in [3.8, 4) is 0 Å². The van der Waals surface area contributed by atoms with Crippen LogP contribution in [0.15, 0.2) is 0 Å². The highest BCUT2D eigenvalue weighted by atomic mass is 16.5. The van der Waals surface area contributed by atoms with Gasteiger partial charge in [0.05, 0.1) is 19.6 Å². The van der Waals surface area contributed by atoms with E-state index in [0.29, 0.717) is 6.61 Å². The summed E-state index contributed by atoms with van der Waals surface area (Å²) in [6.45, 7) is 3.91. The lowest BCUT2D eigenvalue weighted by molar-refractivity contribution is -0.148. The van der Waals surface area contributed by atoms with E-state index in [2.05, 4.69) is 9.47 Å². The largest absolute Gasteiger partial charge is 0.466 e. The molecule has 0 amide bonds. The smallest absolute Gasteiger partial charge is 0.313 e. The van der Waals surface area contributed by atoms with Gasteiger partial charge in [0.25, 0.3) is 0 Å². The molecule has 0 bridgehead atoms. The van der Waals surface area contributed by atoms with Crippen molar-refractivity contribution in [2.75, 3.05) is 13.2 Å². The number of ketones is 1. The van der Waals surface area contributed by atoms with E-state index in [9.17, 15) is 14.4 Å². The number of rotatable bonds is 7. The van der Waals surface area contributed by atoms with Crippen LogP contribution in [-0.4, -0.2) is 30.9 Å². The van der Waals surface area contributed by atoms with Gasteiger partial charge < -0.3 is 9.47 Å². The van der Waals surface area contributed by atoms with E-state index in [1.54, 1.807) is 13.8 Å². The third kappa shape index (κ3) is 7.66. The van der Waals surface area contributed by atoms with Crippen molar-refractivity contribution >= 4 is 17.7 Å². The molecule has 15 heavy (non-hydrogen) atoms. The monoisotopic (exact) mass is 216 g/mol. The fourth-order valence-corrected chi connectivity index (χ4v) is 0.936. The van der Waals surface area contributed by atoms with E-state index in [1.807, 2.05) is 0 Å². The van der Waals surface area contributed by atoms with E-state index in [4.69, 9.17) is 0 Å². The molecule has 0 saturated carbocycles. The molecule has 0 saturated heterocycles. The van der Waals surface area contributed by atoms with E-state index in [1.165, 1.54) is 0 Å². The van der Waals surface area contributed by atoms with Crippen molar-refractivity contribution in [1.82, 2.24) is 0 Å². The average molecular weight is 216 g/mol. The second kappa shape index (κ2) is 7.96. The van der Waals surface area contributed by atoms with E-state index < -0.39 is 11.9 Å². The summed E-state index contributed by atoms with van der Waals surface area (Å²) in [5.74, 6) is -1.28. The zero-order valence-electron chi connectivity index (χ0n) is 9.08. The summed E-state index contributed by atoms with van der Waals surface area (Å²) < 4.78 is 9.23. The number of esters is 2. The van der Waals surface area contributed by atoms with Gasteiger partial charge in [-0.1, -0.05) is 0 Å². The van der Waals surface area contributed by atoms with E-state index in [-0.39, 0.29) is 31.7 Å². The van der Waals surface area contributed by atoms with Crippen LogP contribution in [0.4, 0.5) is 0 Å². The molecule has 0 aromatic heterocycles. The number of hydrogen-bond donors (Lipinski definition) is 0. The van der Waals surface area contributed by atoms with Crippen molar-refractivity contribution in [3.63, 3.8) is 0 Å². The predicted octanol–water partition coefficient (Wildman–Crippen LogP) is 0.852. The zero-order chi connectivity index (χ0) is 11.7. The lowest BCUT2D eigenvalue weighted by Crippen LogP contribution is -2.13. The maximum Gasteiger partial charge on any atom is 0.313 e. The lowest BCUT2D eigenvalue weighted by atomic mass is 10.2. The molecule has 0 N–H and O–H groups in total. The molecule has 0 unspecified atom stereocenters. The molecule has 0 rings (SSSR count). The molecular weight excluding hydrogens is 200 g/mol. The molecule has 0 aliphatic rings. The third-order valence-corrected chi connectivity index (χ3v) is 1.56. The van der Waals surface area contributed by atoms with Crippen LogP contribution >= 0.6 is 0 Å². The maximum atomic E-state index is 11.1. The summed E-state index contributed by atoms with van der Waals surface area (Å²) in [6.07, 6.45) is -0.225. The minimum atomic E-state index is -0.550. The van der Waals surface area contributed by atoms with Gasteiger partial charge in [-0.25, -0.2) is 0 Å². The van der Waals surface area contributed by atoms with Crippen molar-refractivity contribution < 1.29 is 23.9 Å². The fourth-order valence-electron chi connectivity index (χ4n) is 0.936. The van der Waals surface area contributed by atoms with Gasteiger partial charge in [-0.3, -0.25) is 14.4 Å². The van der Waals surface area contributed by atoms with Crippen LogP contribution in [0.3, 0.4) is 0 Å². The van der Waals surface area contributed by atoms with Gasteiger partial charge in [0.15, 0.2) is 0 Å². The first-order valence-electron chi connectivity index (χ1n) is 4.93. The summed E-state index contributed by atoms with van der Waals surface area (Å²) in [5, 5.41) is 0. The minimum absolute atomic E-state index is 0.0199. The van der Waals surface area contributed by atoms with Gasteiger partial charge in [-0.15, -0.1) is 0 Å².